The molecule has 1 atom stereocenters. The van der Waals surface area contributed by atoms with Crippen molar-refractivity contribution in [3.63, 3.8) is 0 Å². The maximum absolute atomic E-state index is 5.40. The van der Waals surface area contributed by atoms with Crippen molar-refractivity contribution in [2.24, 2.45) is 11.7 Å². The molecule has 3 N–H and O–H groups in total. The number of nitrogens with one attached hydrogen (secondary N) is 1. The monoisotopic (exact) mass is 248 g/mol. The van der Waals surface area contributed by atoms with E-state index in [-0.39, 0.29) is 0 Å². The summed E-state index contributed by atoms with van der Waals surface area (Å²) < 4.78 is 10.6. The molecule has 0 amide bonds. The Morgan fingerprint density at radius 1 is 1.19 bits per heavy atom. The molecule has 0 aromatic heterocycles. The van der Waals surface area contributed by atoms with Gasteiger partial charge in [-0.25, -0.2) is 0 Å². The van der Waals surface area contributed by atoms with E-state index in [1.807, 2.05) is 0 Å². The highest BCUT2D eigenvalue weighted by molar-refractivity contribution is 6.44. The van der Waals surface area contributed by atoms with Crippen molar-refractivity contribution in [3.05, 3.63) is 0 Å². The molecule has 4 nitrogen and oxygen atoms in total. The Hall–Kier alpha value is 0.0569. The third-order valence-corrected chi connectivity index (χ3v) is 4.65. The van der Waals surface area contributed by atoms with E-state index < -0.39 is 9.28 Å². The van der Waals surface area contributed by atoms with Crippen LogP contribution in [-0.2, 0) is 8.85 Å². The lowest BCUT2D eigenvalue weighted by Gasteiger charge is -2.15. The predicted molar refractivity (Wildman–Crippen MR) is 70.9 cm³/mol. The summed E-state index contributed by atoms with van der Waals surface area (Å²) in [5.74, 6) is 0.764. The third-order valence-electron chi connectivity index (χ3n) is 2.79. The molecule has 0 heterocycles. The summed E-state index contributed by atoms with van der Waals surface area (Å²) >= 11 is 0. The van der Waals surface area contributed by atoms with E-state index in [2.05, 4.69) is 12.2 Å². The Kier molecular flexibility index (Phi) is 11.6. The van der Waals surface area contributed by atoms with Gasteiger partial charge in [-0.15, -0.1) is 0 Å². The summed E-state index contributed by atoms with van der Waals surface area (Å²) in [5.41, 5.74) is 5.40. The Morgan fingerprint density at radius 3 is 2.44 bits per heavy atom. The van der Waals surface area contributed by atoms with Crippen LogP contribution in [0.3, 0.4) is 0 Å². The summed E-state index contributed by atoms with van der Waals surface area (Å²) in [5, 5.41) is 3.31. The van der Waals surface area contributed by atoms with Crippen LogP contribution < -0.4 is 11.1 Å². The van der Waals surface area contributed by atoms with Gasteiger partial charge in [-0.05, 0) is 37.8 Å². The topological polar surface area (TPSA) is 56.5 Å². The van der Waals surface area contributed by atoms with Gasteiger partial charge in [-0.1, -0.05) is 6.92 Å². The first-order chi connectivity index (χ1) is 7.74. The smallest absolute Gasteiger partial charge is 0.320 e. The minimum absolute atomic E-state index is 0.727. The Balaban J connectivity index is 3.33. The molecule has 0 spiro atoms. The molecule has 0 fully saturated rings. The highest BCUT2D eigenvalue weighted by Gasteiger charge is 2.11. The van der Waals surface area contributed by atoms with Crippen LogP contribution in [0.1, 0.15) is 26.2 Å². The molecule has 0 saturated carbocycles. The van der Waals surface area contributed by atoms with Crippen molar-refractivity contribution in [1.82, 2.24) is 5.32 Å². The lowest BCUT2D eigenvalue weighted by atomic mass is 10.0. The zero-order chi connectivity index (χ0) is 12.2. The normalized spacial score (nSPS) is 13.3. The van der Waals surface area contributed by atoms with Gasteiger partial charge in [0.05, 0.1) is 0 Å². The summed E-state index contributed by atoms with van der Waals surface area (Å²) in [6.45, 7) is 5.04. The predicted octanol–water partition coefficient (Wildman–Crippen LogP) is 0.854. The van der Waals surface area contributed by atoms with Crippen molar-refractivity contribution in [2.45, 2.75) is 32.2 Å². The van der Waals surface area contributed by atoms with E-state index in [9.17, 15) is 0 Å². The second-order valence-electron chi connectivity index (χ2n) is 4.26. The van der Waals surface area contributed by atoms with Crippen LogP contribution in [-0.4, -0.2) is 43.1 Å². The number of rotatable bonds is 11. The number of hydrogen-bond donors (Lipinski definition) is 2. The van der Waals surface area contributed by atoms with Crippen molar-refractivity contribution in [2.75, 3.05) is 33.9 Å². The van der Waals surface area contributed by atoms with Crippen LogP contribution in [0.5, 0.6) is 0 Å². The zero-order valence-electron chi connectivity index (χ0n) is 11.0. The highest BCUT2D eigenvalue weighted by Crippen LogP contribution is 2.14. The molecule has 5 heteroatoms. The number of nitrogens with two attached hydrogens (primary N) is 1. The van der Waals surface area contributed by atoms with E-state index in [0.717, 1.165) is 31.6 Å². The van der Waals surface area contributed by atoms with Crippen LogP contribution >= 0.6 is 0 Å². The molecule has 16 heavy (non-hydrogen) atoms. The molecule has 0 radical (unpaired) electrons. The second-order valence-corrected chi connectivity index (χ2v) is 6.64. The average molecular weight is 248 g/mol. The van der Waals surface area contributed by atoms with Gasteiger partial charge in [-0.2, -0.15) is 0 Å². The summed E-state index contributed by atoms with van der Waals surface area (Å²) in [6.07, 6.45) is 3.72. The van der Waals surface area contributed by atoms with Gasteiger partial charge in [-0.3, -0.25) is 0 Å². The standard InChI is InChI=1S/C11H28N2O2Si/c1-11(5-4-8-13-9-7-12)6-10-16(14-2)15-3/h11,13,16H,4-10,12H2,1-3H3. The van der Waals surface area contributed by atoms with Crippen LogP contribution in [0.25, 0.3) is 0 Å². The van der Waals surface area contributed by atoms with Crippen LogP contribution in [0.15, 0.2) is 0 Å². The van der Waals surface area contributed by atoms with E-state index in [0.29, 0.717) is 0 Å². The quantitative estimate of drug-likeness (QED) is 0.420. The van der Waals surface area contributed by atoms with Crippen LogP contribution in [0.4, 0.5) is 0 Å². The molecule has 0 saturated heterocycles. The Labute approximate surface area is 102 Å². The molecular formula is C11H28N2O2Si. The molecule has 0 aliphatic rings. The molecule has 0 rings (SSSR count). The summed E-state index contributed by atoms with van der Waals surface area (Å²) in [7, 11) is 2.17. The maximum Gasteiger partial charge on any atom is 0.320 e. The van der Waals surface area contributed by atoms with Crippen LogP contribution in [0, 0.1) is 5.92 Å². The van der Waals surface area contributed by atoms with E-state index in [1.54, 1.807) is 14.2 Å². The van der Waals surface area contributed by atoms with E-state index >= 15 is 0 Å². The SMILES string of the molecule is CO[SiH](CCC(C)CCCNCCN)OC. The molecular weight excluding hydrogens is 220 g/mol. The van der Waals surface area contributed by atoms with Gasteiger partial charge in [0.2, 0.25) is 0 Å². The lowest BCUT2D eigenvalue weighted by molar-refractivity contribution is 0.273. The van der Waals surface area contributed by atoms with Crippen molar-refractivity contribution in [3.8, 4) is 0 Å². The lowest BCUT2D eigenvalue weighted by Crippen LogP contribution is -2.23. The zero-order valence-corrected chi connectivity index (χ0v) is 12.2. The molecule has 0 aromatic rings. The fourth-order valence-corrected chi connectivity index (χ4v) is 3.20. The minimum atomic E-state index is -1.33. The highest BCUT2D eigenvalue weighted by atomic mass is 28.3. The van der Waals surface area contributed by atoms with Crippen molar-refractivity contribution in [1.29, 1.82) is 0 Å². The first kappa shape index (κ1) is 16.1. The first-order valence-corrected chi connectivity index (χ1v) is 7.96. The van der Waals surface area contributed by atoms with Gasteiger partial charge in [0.1, 0.15) is 0 Å². The van der Waals surface area contributed by atoms with Gasteiger partial charge in [0, 0.05) is 27.3 Å². The molecule has 0 aliphatic heterocycles. The molecule has 0 bridgehead atoms. The van der Waals surface area contributed by atoms with Gasteiger partial charge >= 0.3 is 9.28 Å². The minimum Gasteiger partial charge on any atom is -0.400 e. The maximum atomic E-state index is 5.40. The number of hydrogen-bond acceptors (Lipinski definition) is 4. The molecule has 0 aromatic carbocycles. The Morgan fingerprint density at radius 2 is 1.88 bits per heavy atom. The van der Waals surface area contributed by atoms with Crippen LogP contribution in [0.2, 0.25) is 6.04 Å². The second kappa shape index (κ2) is 11.5. The van der Waals surface area contributed by atoms with Gasteiger partial charge in [0.25, 0.3) is 0 Å². The average Bonchev–Trinajstić information content (AvgIpc) is 2.30. The van der Waals surface area contributed by atoms with E-state index in [4.69, 9.17) is 14.6 Å². The van der Waals surface area contributed by atoms with E-state index in [1.165, 1.54) is 19.3 Å². The molecule has 98 valence electrons. The fraction of sp³-hybridized carbons (Fsp3) is 1.00. The third kappa shape index (κ3) is 9.29. The van der Waals surface area contributed by atoms with Crippen molar-refractivity contribution < 1.29 is 8.85 Å². The summed E-state index contributed by atoms with van der Waals surface area (Å²) in [4.78, 5) is 0. The summed E-state index contributed by atoms with van der Waals surface area (Å²) in [6, 6.07) is 1.12. The largest absolute Gasteiger partial charge is 0.400 e. The molecule has 0 aliphatic carbocycles. The Bertz CT molecular complexity index is 146. The fourth-order valence-electron chi connectivity index (χ4n) is 1.70. The molecule has 1 unspecified atom stereocenters. The van der Waals surface area contributed by atoms with Gasteiger partial charge in [0.15, 0.2) is 0 Å². The van der Waals surface area contributed by atoms with Crippen molar-refractivity contribution >= 4 is 9.28 Å². The first-order valence-electron chi connectivity index (χ1n) is 6.21. The van der Waals surface area contributed by atoms with Gasteiger partial charge < -0.3 is 19.9 Å².